The number of ether oxygens (including phenoxy) is 2. The Morgan fingerprint density at radius 3 is 2.90 bits per heavy atom. The minimum absolute atomic E-state index is 0.232. The highest BCUT2D eigenvalue weighted by molar-refractivity contribution is 9.10. The van der Waals surface area contributed by atoms with Crippen molar-refractivity contribution in [3.8, 4) is 11.5 Å². The van der Waals surface area contributed by atoms with Crippen LogP contribution in [0.1, 0.15) is 15.9 Å². The Labute approximate surface area is 129 Å². The lowest BCUT2D eigenvalue weighted by Crippen LogP contribution is -2.17. The molecule has 2 aromatic carbocycles. The number of hydrogen-bond acceptors (Lipinski definition) is 4. The van der Waals surface area contributed by atoms with Crippen LogP contribution in [0.5, 0.6) is 11.5 Å². The first kappa shape index (κ1) is 13.6. The lowest BCUT2D eigenvalue weighted by atomic mass is 10.2. The zero-order valence-corrected chi connectivity index (χ0v) is 12.5. The number of carbonyl (C=O) groups excluding carboxylic acids is 1. The molecule has 3 rings (SSSR count). The molecule has 1 heterocycles. The minimum Gasteiger partial charge on any atom is -0.454 e. The molecule has 0 spiro atoms. The van der Waals surface area contributed by atoms with Crippen LogP contribution in [0.25, 0.3) is 0 Å². The number of hydrazone groups is 1. The molecule has 0 saturated carbocycles. The summed E-state index contributed by atoms with van der Waals surface area (Å²) in [4.78, 5) is 11.9. The van der Waals surface area contributed by atoms with E-state index in [-0.39, 0.29) is 12.7 Å². The summed E-state index contributed by atoms with van der Waals surface area (Å²) >= 11 is 3.32. The van der Waals surface area contributed by atoms with E-state index in [9.17, 15) is 4.79 Å². The summed E-state index contributed by atoms with van der Waals surface area (Å²) in [6, 6.07) is 12.5. The first-order valence-corrected chi connectivity index (χ1v) is 7.00. The fourth-order valence-electron chi connectivity index (χ4n) is 1.85. The molecular formula is C15H11BrN2O3. The van der Waals surface area contributed by atoms with Crippen LogP contribution >= 0.6 is 15.9 Å². The molecule has 5 nitrogen and oxygen atoms in total. The zero-order chi connectivity index (χ0) is 14.7. The quantitative estimate of drug-likeness (QED) is 0.686. The van der Waals surface area contributed by atoms with E-state index in [1.54, 1.807) is 36.5 Å². The van der Waals surface area contributed by atoms with Crippen molar-refractivity contribution in [3.05, 3.63) is 58.1 Å². The number of fused-ring (bicyclic) bond motifs is 1. The van der Waals surface area contributed by atoms with Crippen LogP contribution in [-0.4, -0.2) is 18.9 Å². The second-order valence-electron chi connectivity index (χ2n) is 4.32. The highest BCUT2D eigenvalue weighted by Gasteiger charge is 2.12. The topological polar surface area (TPSA) is 59.9 Å². The molecule has 1 aliphatic heterocycles. The fraction of sp³-hybridized carbons (Fsp3) is 0.0667. The highest BCUT2D eigenvalue weighted by Crippen LogP contribution is 2.31. The van der Waals surface area contributed by atoms with Gasteiger partial charge in [0.15, 0.2) is 11.5 Å². The van der Waals surface area contributed by atoms with Crippen LogP contribution < -0.4 is 14.9 Å². The molecule has 0 saturated heterocycles. The predicted molar refractivity (Wildman–Crippen MR) is 81.8 cm³/mol. The molecule has 0 bridgehead atoms. The zero-order valence-electron chi connectivity index (χ0n) is 10.9. The second-order valence-corrected chi connectivity index (χ2v) is 5.24. The third-order valence-electron chi connectivity index (χ3n) is 2.86. The highest BCUT2D eigenvalue weighted by atomic mass is 79.9. The monoisotopic (exact) mass is 346 g/mol. The summed E-state index contributed by atoms with van der Waals surface area (Å²) in [6.45, 7) is 0.232. The number of hydrogen-bond donors (Lipinski definition) is 1. The van der Waals surface area contributed by atoms with E-state index < -0.39 is 0 Å². The van der Waals surface area contributed by atoms with E-state index in [0.29, 0.717) is 17.1 Å². The van der Waals surface area contributed by atoms with E-state index in [1.807, 2.05) is 12.1 Å². The maximum atomic E-state index is 11.9. The van der Waals surface area contributed by atoms with Crippen molar-refractivity contribution in [1.82, 2.24) is 5.43 Å². The lowest BCUT2D eigenvalue weighted by Gasteiger charge is -2.00. The van der Waals surface area contributed by atoms with Gasteiger partial charge in [-0.1, -0.05) is 22.0 Å². The van der Waals surface area contributed by atoms with E-state index in [0.717, 1.165) is 10.0 Å². The van der Waals surface area contributed by atoms with Crippen LogP contribution in [0.2, 0.25) is 0 Å². The van der Waals surface area contributed by atoms with Crippen LogP contribution in [-0.2, 0) is 0 Å². The summed E-state index contributed by atoms with van der Waals surface area (Å²) in [6.07, 6.45) is 1.55. The van der Waals surface area contributed by atoms with Crippen LogP contribution in [0.15, 0.2) is 52.0 Å². The smallest absolute Gasteiger partial charge is 0.271 e. The van der Waals surface area contributed by atoms with Gasteiger partial charge < -0.3 is 9.47 Å². The normalized spacial score (nSPS) is 12.6. The lowest BCUT2D eigenvalue weighted by molar-refractivity contribution is 0.0955. The summed E-state index contributed by atoms with van der Waals surface area (Å²) in [7, 11) is 0. The summed E-state index contributed by atoms with van der Waals surface area (Å²) in [5.74, 6) is 1.12. The fourth-order valence-corrected chi connectivity index (χ4v) is 2.25. The van der Waals surface area contributed by atoms with E-state index in [2.05, 4.69) is 26.5 Å². The van der Waals surface area contributed by atoms with Gasteiger partial charge in [0, 0.05) is 10.0 Å². The molecule has 6 heteroatoms. The van der Waals surface area contributed by atoms with E-state index in [4.69, 9.17) is 9.47 Å². The Bertz CT molecular complexity index is 716. The maximum absolute atomic E-state index is 11.9. The van der Waals surface area contributed by atoms with Gasteiger partial charge in [0.05, 0.1) is 6.21 Å². The van der Waals surface area contributed by atoms with Crippen molar-refractivity contribution in [2.45, 2.75) is 0 Å². The molecule has 1 N–H and O–H groups in total. The molecule has 0 aromatic heterocycles. The molecule has 0 unspecified atom stereocenters. The van der Waals surface area contributed by atoms with Crippen molar-refractivity contribution in [1.29, 1.82) is 0 Å². The van der Waals surface area contributed by atoms with Crippen LogP contribution in [0, 0.1) is 0 Å². The Kier molecular flexibility index (Phi) is 3.87. The standard InChI is InChI=1S/C15H11BrN2O3/c16-12-3-1-2-11(7-12)15(19)18-17-8-10-4-5-13-14(6-10)21-9-20-13/h1-8H,9H2,(H,18,19)/b17-8+. The van der Waals surface area contributed by atoms with E-state index >= 15 is 0 Å². The van der Waals surface area contributed by atoms with Crippen LogP contribution in [0.4, 0.5) is 0 Å². The maximum Gasteiger partial charge on any atom is 0.271 e. The summed E-state index contributed by atoms with van der Waals surface area (Å²) < 4.78 is 11.3. The molecule has 1 amide bonds. The number of benzene rings is 2. The van der Waals surface area contributed by atoms with Crippen molar-refractivity contribution in [2.75, 3.05) is 6.79 Å². The van der Waals surface area contributed by atoms with Gasteiger partial charge in [-0.3, -0.25) is 4.79 Å². The Morgan fingerprint density at radius 1 is 1.19 bits per heavy atom. The van der Waals surface area contributed by atoms with Gasteiger partial charge >= 0.3 is 0 Å². The van der Waals surface area contributed by atoms with Gasteiger partial charge in [-0.05, 0) is 42.0 Å². The number of rotatable bonds is 3. The van der Waals surface area contributed by atoms with Crippen molar-refractivity contribution in [3.63, 3.8) is 0 Å². The molecule has 2 aromatic rings. The number of nitrogens with one attached hydrogen (secondary N) is 1. The van der Waals surface area contributed by atoms with Gasteiger partial charge in [0.1, 0.15) is 0 Å². The molecular weight excluding hydrogens is 336 g/mol. The van der Waals surface area contributed by atoms with Crippen LogP contribution in [0.3, 0.4) is 0 Å². The molecule has 21 heavy (non-hydrogen) atoms. The first-order chi connectivity index (χ1) is 10.2. The van der Waals surface area contributed by atoms with Gasteiger partial charge in [-0.2, -0.15) is 5.10 Å². The largest absolute Gasteiger partial charge is 0.454 e. The molecule has 0 atom stereocenters. The number of amides is 1. The molecule has 106 valence electrons. The van der Waals surface area contributed by atoms with E-state index in [1.165, 1.54) is 0 Å². The minimum atomic E-state index is -0.270. The van der Waals surface area contributed by atoms with Crippen molar-refractivity contribution < 1.29 is 14.3 Å². The Hall–Kier alpha value is -2.34. The molecule has 0 aliphatic carbocycles. The predicted octanol–water partition coefficient (Wildman–Crippen LogP) is 2.94. The molecule has 1 aliphatic rings. The first-order valence-electron chi connectivity index (χ1n) is 6.21. The van der Waals surface area contributed by atoms with Crippen molar-refractivity contribution in [2.24, 2.45) is 5.10 Å². The Balaban J connectivity index is 1.65. The molecule has 0 fully saturated rings. The average Bonchev–Trinajstić information content (AvgIpc) is 2.94. The Morgan fingerprint density at radius 2 is 2.05 bits per heavy atom. The van der Waals surface area contributed by atoms with Gasteiger partial charge in [-0.15, -0.1) is 0 Å². The number of carbonyl (C=O) groups is 1. The third kappa shape index (κ3) is 3.22. The third-order valence-corrected chi connectivity index (χ3v) is 3.36. The van der Waals surface area contributed by atoms with Gasteiger partial charge in [0.2, 0.25) is 6.79 Å². The second kappa shape index (κ2) is 5.97. The summed E-state index contributed by atoms with van der Waals surface area (Å²) in [5.41, 5.74) is 3.83. The average molecular weight is 347 g/mol. The number of nitrogens with zero attached hydrogens (tertiary/aromatic N) is 1. The molecule has 0 radical (unpaired) electrons. The van der Waals surface area contributed by atoms with Gasteiger partial charge in [-0.25, -0.2) is 5.43 Å². The summed E-state index contributed by atoms with van der Waals surface area (Å²) in [5, 5.41) is 3.94. The SMILES string of the molecule is O=C(N/N=C/c1ccc2c(c1)OCO2)c1cccc(Br)c1. The van der Waals surface area contributed by atoms with Crippen molar-refractivity contribution >= 4 is 28.1 Å². The van der Waals surface area contributed by atoms with Gasteiger partial charge in [0.25, 0.3) is 5.91 Å². The number of halogens is 1.